The first kappa shape index (κ1) is 19.1. The van der Waals surface area contributed by atoms with Crippen LogP contribution in [0.25, 0.3) is 0 Å². The first-order valence-corrected chi connectivity index (χ1v) is 9.86. The average Bonchev–Trinajstić information content (AvgIpc) is 2.84. The maximum Gasteiger partial charge on any atom is 0.308 e. The van der Waals surface area contributed by atoms with Crippen molar-refractivity contribution in [2.75, 3.05) is 0 Å². The topological polar surface area (TPSA) is 101 Å². The number of carboxylic acid groups (broad SMARTS) is 1. The van der Waals surface area contributed by atoms with Crippen molar-refractivity contribution >= 4 is 11.9 Å². The van der Waals surface area contributed by atoms with E-state index >= 15 is 0 Å². The van der Waals surface area contributed by atoms with E-state index in [1.807, 2.05) is 13.8 Å². The Morgan fingerprint density at radius 2 is 1.89 bits per heavy atom. The van der Waals surface area contributed by atoms with E-state index < -0.39 is 35.9 Å². The monoisotopic (exact) mass is 384 g/mol. The van der Waals surface area contributed by atoms with Crippen molar-refractivity contribution in [3.63, 3.8) is 0 Å². The van der Waals surface area contributed by atoms with Gasteiger partial charge in [-0.3, -0.25) is 9.59 Å². The third kappa shape index (κ3) is 3.06. The van der Waals surface area contributed by atoms with Crippen LogP contribution in [-0.4, -0.2) is 41.0 Å². The van der Waals surface area contributed by atoms with E-state index in [-0.39, 0.29) is 30.6 Å². The highest BCUT2D eigenvalue weighted by molar-refractivity contribution is 5.76. The fourth-order valence-corrected chi connectivity index (χ4v) is 5.40. The largest absolute Gasteiger partial charge is 0.481 e. The highest BCUT2D eigenvalue weighted by Gasteiger charge is 2.69. The molecule has 1 aliphatic carbocycles. The van der Waals surface area contributed by atoms with E-state index in [2.05, 4.69) is 6.92 Å². The first-order chi connectivity index (χ1) is 12.7. The van der Waals surface area contributed by atoms with Gasteiger partial charge in [0, 0.05) is 18.3 Å². The Balaban J connectivity index is 1.58. The Bertz CT molecular complexity index is 623. The molecule has 8 nitrogen and oxygen atoms in total. The molecule has 5 fully saturated rings. The zero-order valence-electron chi connectivity index (χ0n) is 16.0. The number of rotatable bonds is 4. The zero-order chi connectivity index (χ0) is 19.4. The Labute approximate surface area is 158 Å². The minimum absolute atomic E-state index is 0.0670. The van der Waals surface area contributed by atoms with Gasteiger partial charge in [0.15, 0.2) is 11.9 Å². The highest BCUT2D eigenvalue weighted by Crippen LogP contribution is 2.60. The second kappa shape index (κ2) is 6.69. The summed E-state index contributed by atoms with van der Waals surface area (Å²) in [4.78, 5) is 34.5. The third-order valence-corrected chi connectivity index (χ3v) is 6.89. The molecule has 1 N–H and O–H groups in total. The Morgan fingerprint density at radius 1 is 1.11 bits per heavy atom. The zero-order valence-corrected chi connectivity index (χ0v) is 16.0. The summed E-state index contributed by atoms with van der Waals surface area (Å²) < 4.78 is 17.8. The van der Waals surface area contributed by atoms with Crippen molar-refractivity contribution in [3.8, 4) is 0 Å². The van der Waals surface area contributed by atoms with Gasteiger partial charge in [-0.1, -0.05) is 13.8 Å². The van der Waals surface area contributed by atoms with Crippen LogP contribution in [0.5, 0.6) is 0 Å². The van der Waals surface area contributed by atoms with E-state index in [0.717, 1.165) is 19.3 Å². The number of aliphatic carboxylic acids is 1. The average molecular weight is 384 g/mol. The molecular weight excluding hydrogens is 356 g/mol. The molecule has 4 saturated heterocycles. The predicted molar refractivity (Wildman–Crippen MR) is 89.8 cm³/mol. The Kier molecular flexibility index (Phi) is 4.73. The molecule has 0 aromatic carbocycles. The van der Waals surface area contributed by atoms with Crippen molar-refractivity contribution in [1.29, 1.82) is 0 Å². The van der Waals surface area contributed by atoms with Crippen molar-refractivity contribution in [2.24, 2.45) is 23.7 Å². The van der Waals surface area contributed by atoms with Crippen LogP contribution in [0, 0.1) is 23.7 Å². The molecule has 0 aromatic heterocycles. The molecule has 8 atom stereocenters. The molecule has 8 heteroatoms. The lowest BCUT2D eigenvalue weighted by atomic mass is 9.58. The van der Waals surface area contributed by atoms with Gasteiger partial charge in [-0.25, -0.2) is 9.78 Å². The third-order valence-electron chi connectivity index (χ3n) is 6.89. The van der Waals surface area contributed by atoms with Crippen molar-refractivity contribution in [3.05, 3.63) is 0 Å². The van der Waals surface area contributed by atoms with Crippen LogP contribution in [0.4, 0.5) is 0 Å². The summed E-state index contributed by atoms with van der Waals surface area (Å²) in [6.07, 6.45) is 1.72. The van der Waals surface area contributed by atoms with Gasteiger partial charge in [0.2, 0.25) is 12.1 Å². The standard InChI is InChI=1S/C19H28O8/c1-10-4-5-13-11(2)16(23-15(22)7-6-14(20)21)24-17-19(13)12(10)8-9-18(3,25-17)26-27-19/h10-13,16-17H,4-9H2,1-3H3,(H,20,21)/t10-,11-,12-,13+,16+,17+,18-,19-/m1/s1. The van der Waals surface area contributed by atoms with E-state index in [1.54, 1.807) is 0 Å². The minimum atomic E-state index is -1.03. The van der Waals surface area contributed by atoms with Crippen LogP contribution < -0.4 is 0 Å². The predicted octanol–water partition coefficient (Wildman–Crippen LogP) is 2.60. The maximum absolute atomic E-state index is 12.1. The first-order valence-electron chi connectivity index (χ1n) is 9.86. The number of hydrogen-bond donors (Lipinski definition) is 1. The van der Waals surface area contributed by atoms with Crippen molar-refractivity contribution < 1.29 is 38.7 Å². The number of hydrogen-bond acceptors (Lipinski definition) is 7. The molecule has 5 rings (SSSR count). The number of carboxylic acids is 1. The quantitative estimate of drug-likeness (QED) is 0.583. The number of carbonyl (C=O) groups excluding carboxylic acids is 1. The molecule has 0 aromatic rings. The second-order valence-electron chi connectivity index (χ2n) is 8.66. The highest BCUT2D eigenvalue weighted by atomic mass is 17.3. The van der Waals surface area contributed by atoms with E-state index in [4.69, 9.17) is 29.1 Å². The van der Waals surface area contributed by atoms with Crippen LogP contribution in [-0.2, 0) is 33.6 Å². The van der Waals surface area contributed by atoms with Gasteiger partial charge < -0.3 is 19.3 Å². The van der Waals surface area contributed by atoms with E-state index in [9.17, 15) is 9.59 Å². The van der Waals surface area contributed by atoms with Gasteiger partial charge in [-0.15, -0.1) is 0 Å². The second-order valence-corrected chi connectivity index (χ2v) is 8.66. The Morgan fingerprint density at radius 3 is 2.63 bits per heavy atom. The van der Waals surface area contributed by atoms with Crippen LogP contribution in [0.2, 0.25) is 0 Å². The van der Waals surface area contributed by atoms with Crippen LogP contribution in [0.1, 0.15) is 59.3 Å². The SMILES string of the molecule is C[C@H]1[C@@H](OC(=O)CCC(=O)O)O[C@H]2O[C@@]3(C)CC[C@@H]4[C@H](C)CC[C@@H]1[C@@]24OO3. The fraction of sp³-hybridized carbons (Fsp3) is 0.895. The smallest absolute Gasteiger partial charge is 0.308 e. The fourth-order valence-electron chi connectivity index (χ4n) is 5.40. The summed E-state index contributed by atoms with van der Waals surface area (Å²) in [6, 6.07) is 0. The van der Waals surface area contributed by atoms with Crippen molar-refractivity contribution in [1.82, 2.24) is 0 Å². The molecule has 2 bridgehead atoms. The summed E-state index contributed by atoms with van der Waals surface area (Å²) in [5.41, 5.74) is -0.697. The van der Waals surface area contributed by atoms with Crippen molar-refractivity contribution in [2.45, 2.75) is 83.3 Å². The summed E-state index contributed by atoms with van der Waals surface area (Å²) in [5.74, 6) is -1.82. The van der Waals surface area contributed by atoms with Gasteiger partial charge in [0.1, 0.15) is 0 Å². The molecule has 1 saturated carbocycles. The lowest BCUT2D eigenvalue weighted by molar-refractivity contribution is -0.576. The molecule has 4 aliphatic heterocycles. The number of carbonyl (C=O) groups is 2. The van der Waals surface area contributed by atoms with Gasteiger partial charge in [-0.05, 0) is 38.0 Å². The summed E-state index contributed by atoms with van der Waals surface area (Å²) >= 11 is 0. The van der Waals surface area contributed by atoms with E-state index in [0.29, 0.717) is 12.3 Å². The molecular formula is C19H28O8. The molecule has 5 aliphatic rings. The summed E-state index contributed by atoms with van der Waals surface area (Å²) in [5, 5.41) is 8.76. The maximum atomic E-state index is 12.1. The summed E-state index contributed by atoms with van der Waals surface area (Å²) in [6.45, 7) is 6.06. The van der Waals surface area contributed by atoms with Gasteiger partial charge in [0.25, 0.3) is 0 Å². The molecule has 1 spiro atoms. The van der Waals surface area contributed by atoms with Gasteiger partial charge >= 0.3 is 11.9 Å². The molecule has 0 amide bonds. The molecule has 27 heavy (non-hydrogen) atoms. The molecule has 0 radical (unpaired) electrons. The lowest BCUT2D eigenvalue weighted by Gasteiger charge is -2.59. The van der Waals surface area contributed by atoms with Gasteiger partial charge in [-0.2, -0.15) is 0 Å². The normalized spacial score (nSPS) is 48.4. The van der Waals surface area contributed by atoms with Gasteiger partial charge in [0.05, 0.1) is 12.8 Å². The number of ether oxygens (including phenoxy) is 3. The van der Waals surface area contributed by atoms with Crippen LogP contribution in [0.15, 0.2) is 0 Å². The molecule has 0 unspecified atom stereocenters. The van der Waals surface area contributed by atoms with Crippen LogP contribution >= 0.6 is 0 Å². The number of fused-ring (bicyclic) bond motifs is 2. The molecule has 152 valence electrons. The molecule has 4 heterocycles. The lowest BCUT2D eigenvalue weighted by Crippen LogP contribution is -2.70. The Hall–Kier alpha value is -1.22. The van der Waals surface area contributed by atoms with E-state index in [1.165, 1.54) is 0 Å². The minimum Gasteiger partial charge on any atom is -0.481 e. The van der Waals surface area contributed by atoms with Crippen LogP contribution in [0.3, 0.4) is 0 Å². The summed E-state index contributed by atoms with van der Waals surface area (Å²) in [7, 11) is 0. The number of esters is 1.